The zero-order chi connectivity index (χ0) is 23.9. The standard InChI is InChI=1S/C21H34N4O6S/c1-14(2)25(20(24-32(5,28)29)17-8-9-22-13-17)21(27)16-6-7-18(30-4)19(12-16)31-11-10-23-15(3)26/h6-7,12,14,17,20,22,24H,8-11,13H2,1-5H3,(H,23,26)/t17-,20?/m0/s1. The molecule has 0 aromatic heterocycles. The Morgan fingerprint density at radius 1 is 1.28 bits per heavy atom. The molecule has 10 nitrogen and oxygen atoms in total. The fourth-order valence-corrected chi connectivity index (χ4v) is 4.43. The minimum absolute atomic E-state index is 0.0531. The fourth-order valence-electron chi connectivity index (χ4n) is 3.69. The smallest absolute Gasteiger partial charge is 0.255 e. The summed E-state index contributed by atoms with van der Waals surface area (Å²) >= 11 is 0. The predicted octanol–water partition coefficient (Wildman–Crippen LogP) is 0.546. The third-order valence-electron chi connectivity index (χ3n) is 5.11. The molecule has 32 heavy (non-hydrogen) atoms. The van der Waals surface area contributed by atoms with Gasteiger partial charge in [-0.3, -0.25) is 9.59 Å². The van der Waals surface area contributed by atoms with Crippen LogP contribution >= 0.6 is 0 Å². The van der Waals surface area contributed by atoms with Crippen LogP contribution in [0.4, 0.5) is 0 Å². The highest BCUT2D eigenvalue weighted by atomic mass is 32.2. The number of nitrogens with one attached hydrogen (secondary N) is 3. The van der Waals surface area contributed by atoms with Gasteiger partial charge in [0, 0.05) is 31.0 Å². The van der Waals surface area contributed by atoms with Crippen LogP contribution in [0.25, 0.3) is 0 Å². The van der Waals surface area contributed by atoms with Gasteiger partial charge in [-0.15, -0.1) is 0 Å². The Kier molecular flexibility index (Phi) is 9.29. The number of rotatable bonds is 11. The summed E-state index contributed by atoms with van der Waals surface area (Å²) in [4.78, 5) is 26.2. The second-order valence-corrected chi connectivity index (χ2v) is 9.87. The molecule has 11 heteroatoms. The summed E-state index contributed by atoms with van der Waals surface area (Å²) in [7, 11) is -2.05. The van der Waals surface area contributed by atoms with Crippen molar-refractivity contribution in [2.24, 2.45) is 5.92 Å². The predicted molar refractivity (Wildman–Crippen MR) is 121 cm³/mol. The van der Waals surface area contributed by atoms with Gasteiger partial charge in [-0.1, -0.05) is 0 Å². The van der Waals surface area contributed by atoms with E-state index >= 15 is 0 Å². The van der Waals surface area contributed by atoms with Crippen LogP contribution in [0, 0.1) is 5.92 Å². The van der Waals surface area contributed by atoms with Gasteiger partial charge in [0.1, 0.15) is 12.8 Å². The van der Waals surface area contributed by atoms with Crippen molar-refractivity contribution in [3.05, 3.63) is 23.8 Å². The summed E-state index contributed by atoms with van der Waals surface area (Å²) in [5.74, 6) is 0.279. The highest BCUT2D eigenvalue weighted by molar-refractivity contribution is 7.88. The molecule has 180 valence electrons. The van der Waals surface area contributed by atoms with E-state index in [1.165, 1.54) is 14.0 Å². The first-order chi connectivity index (χ1) is 15.0. The monoisotopic (exact) mass is 470 g/mol. The number of ether oxygens (including phenoxy) is 2. The summed E-state index contributed by atoms with van der Waals surface area (Å²) in [6.07, 6.45) is 1.17. The number of methoxy groups -OCH3 is 1. The largest absolute Gasteiger partial charge is 0.493 e. The molecule has 0 radical (unpaired) electrons. The van der Waals surface area contributed by atoms with Gasteiger partial charge in [-0.05, 0) is 45.0 Å². The number of sulfonamides is 1. The topological polar surface area (TPSA) is 126 Å². The average Bonchev–Trinajstić information content (AvgIpc) is 3.24. The van der Waals surface area contributed by atoms with E-state index in [1.54, 1.807) is 23.1 Å². The van der Waals surface area contributed by atoms with E-state index in [-0.39, 0.29) is 30.4 Å². The minimum Gasteiger partial charge on any atom is -0.493 e. The maximum absolute atomic E-state index is 13.6. The Bertz CT molecular complexity index is 900. The lowest BCUT2D eigenvalue weighted by atomic mass is 10.0. The summed E-state index contributed by atoms with van der Waals surface area (Å²) < 4.78 is 37.9. The normalized spacial score (nSPS) is 17.1. The lowest BCUT2D eigenvalue weighted by Gasteiger charge is -2.38. The summed E-state index contributed by atoms with van der Waals surface area (Å²) in [6.45, 7) is 7.01. The molecule has 3 N–H and O–H groups in total. The molecular weight excluding hydrogens is 436 g/mol. The number of carbonyl (C=O) groups excluding carboxylic acids is 2. The SMILES string of the molecule is COc1ccc(C(=O)N(C(C)C)C(NS(C)(=O)=O)[C@H]2CCNC2)cc1OCCNC(C)=O. The highest BCUT2D eigenvalue weighted by Gasteiger charge is 2.36. The molecule has 2 atom stereocenters. The summed E-state index contributed by atoms with van der Waals surface area (Å²) in [6, 6.07) is 4.58. The van der Waals surface area contributed by atoms with E-state index < -0.39 is 16.2 Å². The molecular formula is C21H34N4O6S. The first-order valence-electron chi connectivity index (χ1n) is 10.6. The quantitative estimate of drug-likeness (QED) is 0.318. The number of hydrogen-bond acceptors (Lipinski definition) is 7. The second kappa shape index (κ2) is 11.5. The number of hydrogen-bond donors (Lipinski definition) is 3. The van der Waals surface area contributed by atoms with Crippen molar-refractivity contribution in [3.8, 4) is 11.5 Å². The van der Waals surface area contributed by atoms with Crippen molar-refractivity contribution >= 4 is 21.8 Å². The average molecular weight is 471 g/mol. The van der Waals surface area contributed by atoms with Crippen LogP contribution in [0.2, 0.25) is 0 Å². The van der Waals surface area contributed by atoms with Gasteiger partial charge in [-0.2, -0.15) is 4.72 Å². The minimum atomic E-state index is -3.55. The van der Waals surface area contributed by atoms with Gasteiger partial charge in [-0.25, -0.2) is 8.42 Å². The van der Waals surface area contributed by atoms with Crippen molar-refractivity contribution in [1.82, 2.24) is 20.3 Å². The second-order valence-electron chi connectivity index (χ2n) is 8.09. The Morgan fingerprint density at radius 3 is 2.53 bits per heavy atom. The van der Waals surface area contributed by atoms with E-state index in [1.807, 2.05) is 13.8 Å². The molecule has 0 spiro atoms. The van der Waals surface area contributed by atoms with E-state index in [0.717, 1.165) is 19.2 Å². The van der Waals surface area contributed by atoms with Crippen LogP contribution in [-0.2, 0) is 14.8 Å². The van der Waals surface area contributed by atoms with Crippen LogP contribution in [0.15, 0.2) is 18.2 Å². The first kappa shape index (κ1) is 25.9. The van der Waals surface area contributed by atoms with Gasteiger partial charge in [0.25, 0.3) is 5.91 Å². The van der Waals surface area contributed by atoms with Gasteiger partial charge < -0.3 is 25.0 Å². The van der Waals surface area contributed by atoms with Crippen LogP contribution in [0.3, 0.4) is 0 Å². The lowest BCUT2D eigenvalue weighted by molar-refractivity contribution is -0.119. The molecule has 0 aliphatic carbocycles. The zero-order valence-electron chi connectivity index (χ0n) is 19.3. The fraction of sp³-hybridized carbons (Fsp3) is 0.619. The van der Waals surface area contributed by atoms with E-state index in [2.05, 4.69) is 15.4 Å². The van der Waals surface area contributed by atoms with E-state index in [9.17, 15) is 18.0 Å². The Balaban J connectivity index is 2.32. The van der Waals surface area contributed by atoms with Crippen molar-refractivity contribution in [3.63, 3.8) is 0 Å². The van der Waals surface area contributed by atoms with Gasteiger partial charge in [0.05, 0.1) is 19.9 Å². The van der Waals surface area contributed by atoms with Gasteiger partial charge >= 0.3 is 0 Å². The van der Waals surface area contributed by atoms with Crippen LogP contribution in [-0.4, -0.2) is 76.9 Å². The molecule has 1 aromatic rings. The maximum Gasteiger partial charge on any atom is 0.255 e. The molecule has 1 aromatic carbocycles. The van der Waals surface area contributed by atoms with Crippen molar-refractivity contribution in [2.45, 2.75) is 39.4 Å². The number of amides is 2. The molecule has 1 saturated heterocycles. The first-order valence-corrected chi connectivity index (χ1v) is 12.5. The Hall–Kier alpha value is -2.37. The van der Waals surface area contributed by atoms with Crippen molar-refractivity contribution in [2.75, 3.05) is 39.6 Å². The van der Waals surface area contributed by atoms with Crippen LogP contribution in [0.1, 0.15) is 37.6 Å². The number of carbonyl (C=O) groups is 2. The van der Waals surface area contributed by atoms with Gasteiger partial charge in [0.15, 0.2) is 11.5 Å². The third kappa shape index (κ3) is 7.35. The molecule has 2 amide bonds. The van der Waals surface area contributed by atoms with Crippen LogP contribution in [0.5, 0.6) is 11.5 Å². The van der Waals surface area contributed by atoms with Crippen molar-refractivity contribution in [1.29, 1.82) is 0 Å². The van der Waals surface area contributed by atoms with Crippen molar-refractivity contribution < 1.29 is 27.5 Å². The van der Waals surface area contributed by atoms with Crippen LogP contribution < -0.4 is 24.8 Å². The number of nitrogens with zero attached hydrogens (tertiary/aromatic N) is 1. The molecule has 1 heterocycles. The third-order valence-corrected chi connectivity index (χ3v) is 5.78. The highest BCUT2D eigenvalue weighted by Crippen LogP contribution is 2.30. The Labute approximate surface area is 190 Å². The molecule has 1 fully saturated rings. The molecule has 1 unspecified atom stereocenters. The Morgan fingerprint density at radius 2 is 2.00 bits per heavy atom. The molecule has 1 aliphatic heterocycles. The lowest BCUT2D eigenvalue weighted by Crippen LogP contribution is -2.57. The molecule has 2 rings (SSSR count). The van der Waals surface area contributed by atoms with Gasteiger partial charge in [0.2, 0.25) is 15.9 Å². The maximum atomic E-state index is 13.6. The summed E-state index contributed by atoms with van der Waals surface area (Å²) in [5.41, 5.74) is 0.347. The molecule has 1 aliphatic rings. The summed E-state index contributed by atoms with van der Waals surface area (Å²) in [5, 5.41) is 5.87. The zero-order valence-corrected chi connectivity index (χ0v) is 20.1. The van der Waals surface area contributed by atoms with E-state index in [4.69, 9.17) is 9.47 Å². The molecule has 0 saturated carbocycles. The van der Waals surface area contributed by atoms with E-state index in [0.29, 0.717) is 30.2 Å². The number of benzene rings is 1. The molecule has 0 bridgehead atoms.